The van der Waals surface area contributed by atoms with E-state index >= 15 is 0 Å². The van der Waals surface area contributed by atoms with Crippen molar-refractivity contribution in [3.05, 3.63) is 12.3 Å². The van der Waals surface area contributed by atoms with Crippen LogP contribution in [0.4, 0.5) is 0 Å². The standard InChI is InChI=1S/C8H14O3/c1-8(2,3)11-7(9)5-6-10-4/h5-6H,1-4H3/b6-5-. The van der Waals surface area contributed by atoms with Crippen LogP contribution in [0.3, 0.4) is 0 Å². The quantitative estimate of drug-likeness (QED) is 0.347. The zero-order valence-corrected chi connectivity index (χ0v) is 7.38. The number of carbonyl (C=O) groups excluding carboxylic acids is 1. The molecule has 0 aliphatic carbocycles. The van der Waals surface area contributed by atoms with Crippen LogP contribution in [-0.2, 0) is 14.3 Å². The highest BCUT2D eigenvalue weighted by Gasteiger charge is 2.13. The molecule has 0 radical (unpaired) electrons. The van der Waals surface area contributed by atoms with Gasteiger partial charge in [-0.05, 0) is 20.8 Å². The molecule has 0 bridgehead atoms. The lowest BCUT2D eigenvalue weighted by Crippen LogP contribution is -2.22. The van der Waals surface area contributed by atoms with E-state index in [1.54, 1.807) is 0 Å². The van der Waals surface area contributed by atoms with Crippen molar-refractivity contribution < 1.29 is 14.3 Å². The predicted octanol–water partition coefficient (Wildman–Crippen LogP) is 1.49. The van der Waals surface area contributed by atoms with Crippen molar-refractivity contribution in [3.63, 3.8) is 0 Å². The first-order valence-corrected chi connectivity index (χ1v) is 3.38. The fourth-order valence-corrected chi connectivity index (χ4v) is 0.459. The van der Waals surface area contributed by atoms with Gasteiger partial charge in [-0.1, -0.05) is 0 Å². The molecule has 0 N–H and O–H groups in total. The Bertz CT molecular complexity index is 153. The van der Waals surface area contributed by atoms with Crippen LogP contribution in [0.25, 0.3) is 0 Å². The van der Waals surface area contributed by atoms with E-state index in [1.807, 2.05) is 20.8 Å². The maximum atomic E-state index is 10.8. The lowest BCUT2D eigenvalue weighted by molar-refractivity contribution is -0.148. The normalized spacial score (nSPS) is 11.6. The molecule has 0 aliphatic rings. The summed E-state index contributed by atoms with van der Waals surface area (Å²) in [5.41, 5.74) is -0.435. The molecule has 0 aliphatic heterocycles. The molecule has 0 spiro atoms. The summed E-state index contributed by atoms with van der Waals surface area (Å²) in [5.74, 6) is -0.389. The number of hydrogen-bond donors (Lipinski definition) is 0. The van der Waals surface area contributed by atoms with Crippen molar-refractivity contribution in [1.29, 1.82) is 0 Å². The fourth-order valence-electron chi connectivity index (χ4n) is 0.459. The van der Waals surface area contributed by atoms with Gasteiger partial charge in [-0.15, -0.1) is 0 Å². The van der Waals surface area contributed by atoms with Gasteiger partial charge in [0.05, 0.1) is 19.4 Å². The number of ether oxygens (including phenoxy) is 2. The van der Waals surface area contributed by atoms with E-state index in [4.69, 9.17) is 4.74 Å². The molecule has 0 heterocycles. The van der Waals surface area contributed by atoms with E-state index in [0.717, 1.165) is 0 Å². The van der Waals surface area contributed by atoms with Gasteiger partial charge in [0.15, 0.2) is 0 Å². The summed E-state index contributed by atoms with van der Waals surface area (Å²) in [6, 6.07) is 0. The van der Waals surface area contributed by atoms with E-state index in [0.29, 0.717) is 0 Å². The molecule has 0 atom stereocenters. The zero-order valence-electron chi connectivity index (χ0n) is 7.38. The third-order valence-electron chi connectivity index (χ3n) is 0.747. The molecule has 0 saturated carbocycles. The molecule has 3 nitrogen and oxygen atoms in total. The van der Waals surface area contributed by atoms with Crippen LogP contribution in [0, 0.1) is 0 Å². The summed E-state index contributed by atoms with van der Waals surface area (Å²) >= 11 is 0. The Balaban J connectivity index is 3.80. The highest BCUT2D eigenvalue weighted by molar-refractivity contribution is 5.81. The maximum absolute atomic E-state index is 10.8. The molecule has 0 unspecified atom stereocenters. The van der Waals surface area contributed by atoms with Gasteiger partial charge in [-0.3, -0.25) is 0 Å². The van der Waals surface area contributed by atoms with E-state index in [1.165, 1.54) is 19.4 Å². The number of esters is 1. The number of rotatable bonds is 2. The first-order chi connectivity index (χ1) is 4.95. The Morgan fingerprint density at radius 3 is 2.27 bits per heavy atom. The second-order valence-electron chi connectivity index (χ2n) is 3.07. The summed E-state index contributed by atoms with van der Waals surface area (Å²) < 4.78 is 9.48. The first kappa shape index (κ1) is 10.0. The largest absolute Gasteiger partial charge is 0.504 e. The highest BCUT2D eigenvalue weighted by Crippen LogP contribution is 2.06. The van der Waals surface area contributed by atoms with Gasteiger partial charge in [0.2, 0.25) is 0 Å². The monoisotopic (exact) mass is 158 g/mol. The van der Waals surface area contributed by atoms with Gasteiger partial charge in [0.25, 0.3) is 0 Å². The van der Waals surface area contributed by atoms with Gasteiger partial charge in [-0.2, -0.15) is 0 Å². The van der Waals surface area contributed by atoms with Crippen LogP contribution in [0.1, 0.15) is 20.8 Å². The third-order valence-corrected chi connectivity index (χ3v) is 0.747. The summed E-state index contributed by atoms with van der Waals surface area (Å²) in [7, 11) is 1.47. The van der Waals surface area contributed by atoms with Crippen LogP contribution < -0.4 is 0 Å². The Labute approximate surface area is 67.0 Å². The molecule has 0 aromatic heterocycles. The second-order valence-corrected chi connectivity index (χ2v) is 3.07. The van der Waals surface area contributed by atoms with Crippen LogP contribution >= 0.6 is 0 Å². The smallest absolute Gasteiger partial charge is 0.334 e. The van der Waals surface area contributed by atoms with Gasteiger partial charge in [0, 0.05) is 0 Å². The molecule has 0 rings (SSSR count). The van der Waals surface area contributed by atoms with Gasteiger partial charge in [-0.25, -0.2) is 4.79 Å². The molecule has 3 heteroatoms. The molecule has 0 saturated heterocycles. The minimum atomic E-state index is -0.435. The summed E-state index contributed by atoms with van der Waals surface area (Å²) in [4.78, 5) is 10.8. The number of hydrogen-bond acceptors (Lipinski definition) is 3. The SMILES string of the molecule is CO/C=C\C(=O)OC(C)(C)C. The van der Waals surface area contributed by atoms with Crippen LogP contribution in [0.15, 0.2) is 12.3 Å². The molecular weight excluding hydrogens is 144 g/mol. The van der Waals surface area contributed by atoms with Crippen LogP contribution in [-0.4, -0.2) is 18.7 Å². The minimum Gasteiger partial charge on any atom is -0.504 e. The second kappa shape index (κ2) is 4.01. The average molecular weight is 158 g/mol. The van der Waals surface area contributed by atoms with Crippen LogP contribution in [0.2, 0.25) is 0 Å². The fraction of sp³-hybridized carbons (Fsp3) is 0.625. The minimum absolute atomic E-state index is 0.389. The highest BCUT2D eigenvalue weighted by atomic mass is 16.6. The molecule has 0 amide bonds. The Morgan fingerprint density at radius 1 is 1.36 bits per heavy atom. The molecule has 0 aromatic carbocycles. The van der Waals surface area contributed by atoms with Gasteiger partial charge in [0.1, 0.15) is 5.60 Å². The molecule has 0 aromatic rings. The van der Waals surface area contributed by atoms with Crippen molar-refractivity contribution in [3.8, 4) is 0 Å². The first-order valence-electron chi connectivity index (χ1n) is 3.38. The third kappa shape index (κ3) is 6.90. The Morgan fingerprint density at radius 2 is 1.91 bits per heavy atom. The number of carbonyl (C=O) groups is 1. The summed E-state index contributed by atoms with van der Waals surface area (Å²) in [6.07, 6.45) is 2.53. The lowest BCUT2D eigenvalue weighted by atomic mass is 10.2. The number of methoxy groups -OCH3 is 1. The van der Waals surface area contributed by atoms with E-state index in [-0.39, 0.29) is 5.97 Å². The average Bonchev–Trinajstić information content (AvgIpc) is 1.79. The van der Waals surface area contributed by atoms with E-state index in [9.17, 15) is 4.79 Å². The Kier molecular flexibility index (Phi) is 3.65. The van der Waals surface area contributed by atoms with Gasteiger partial charge >= 0.3 is 5.97 Å². The summed E-state index contributed by atoms with van der Waals surface area (Å²) in [6.45, 7) is 5.43. The summed E-state index contributed by atoms with van der Waals surface area (Å²) in [5, 5.41) is 0. The lowest BCUT2D eigenvalue weighted by Gasteiger charge is -2.17. The molecular formula is C8H14O3. The van der Waals surface area contributed by atoms with Crippen molar-refractivity contribution in [2.45, 2.75) is 26.4 Å². The van der Waals surface area contributed by atoms with Crippen LogP contribution in [0.5, 0.6) is 0 Å². The molecule has 64 valence electrons. The topological polar surface area (TPSA) is 35.5 Å². The Hall–Kier alpha value is -0.990. The maximum Gasteiger partial charge on any atom is 0.334 e. The molecule has 0 fully saturated rings. The predicted molar refractivity (Wildman–Crippen MR) is 42.0 cm³/mol. The van der Waals surface area contributed by atoms with Crippen molar-refractivity contribution >= 4 is 5.97 Å². The van der Waals surface area contributed by atoms with Gasteiger partial charge < -0.3 is 9.47 Å². The molecule has 11 heavy (non-hydrogen) atoms. The van der Waals surface area contributed by atoms with Crippen molar-refractivity contribution in [1.82, 2.24) is 0 Å². The van der Waals surface area contributed by atoms with Crippen molar-refractivity contribution in [2.75, 3.05) is 7.11 Å². The zero-order chi connectivity index (χ0) is 8.91. The van der Waals surface area contributed by atoms with E-state index < -0.39 is 5.60 Å². The van der Waals surface area contributed by atoms with Crippen molar-refractivity contribution in [2.24, 2.45) is 0 Å². The van der Waals surface area contributed by atoms with E-state index in [2.05, 4.69) is 4.74 Å².